The van der Waals surface area contributed by atoms with E-state index < -0.39 is 0 Å². The van der Waals surface area contributed by atoms with Crippen LogP contribution in [-0.4, -0.2) is 16.1 Å². The Balaban J connectivity index is 1.59. The van der Waals surface area contributed by atoms with E-state index in [2.05, 4.69) is 43.6 Å². The van der Waals surface area contributed by atoms with E-state index in [1.165, 1.54) is 28.2 Å². The molecule has 0 saturated heterocycles. The Morgan fingerprint density at radius 1 is 1.23 bits per heavy atom. The summed E-state index contributed by atoms with van der Waals surface area (Å²) in [6.07, 6.45) is 0. The molecule has 2 heterocycles. The Bertz CT molecular complexity index is 773. The van der Waals surface area contributed by atoms with Crippen LogP contribution >= 0.6 is 50.4 Å². The zero-order valence-electron chi connectivity index (χ0n) is 11.2. The average molecular weight is 412 g/mol. The standard InChI is InChI=1S/C14H10BrN3OS3/c15-10-6-7-20-11(10)12(19)16-13-17-18-14(22-13)21-8-9-4-2-1-3-5-9/h1-7H,8H2,(H,16,17,19). The van der Waals surface area contributed by atoms with Gasteiger partial charge in [0.05, 0.1) is 0 Å². The molecule has 112 valence electrons. The van der Waals surface area contributed by atoms with Crippen molar-refractivity contribution in [2.45, 2.75) is 10.1 Å². The predicted octanol–water partition coefficient (Wildman–Crippen LogP) is 4.91. The zero-order valence-corrected chi connectivity index (χ0v) is 15.2. The van der Waals surface area contributed by atoms with Gasteiger partial charge in [0.15, 0.2) is 4.34 Å². The highest BCUT2D eigenvalue weighted by atomic mass is 79.9. The molecule has 0 radical (unpaired) electrons. The normalized spacial score (nSPS) is 10.6. The number of rotatable bonds is 5. The maximum absolute atomic E-state index is 12.1. The first-order valence-electron chi connectivity index (χ1n) is 6.27. The lowest BCUT2D eigenvalue weighted by molar-refractivity contribution is 0.103. The van der Waals surface area contributed by atoms with Crippen LogP contribution < -0.4 is 5.32 Å². The molecule has 0 aliphatic heterocycles. The van der Waals surface area contributed by atoms with E-state index in [1.807, 2.05) is 29.6 Å². The number of thioether (sulfide) groups is 1. The first kappa shape index (κ1) is 15.7. The number of nitrogens with zero attached hydrogens (tertiary/aromatic N) is 2. The molecule has 1 amide bonds. The van der Waals surface area contributed by atoms with E-state index in [1.54, 1.807) is 11.8 Å². The van der Waals surface area contributed by atoms with Crippen LogP contribution in [0.1, 0.15) is 15.2 Å². The van der Waals surface area contributed by atoms with Crippen molar-refractivity contribution in [1.29, 1.82) is 0 Å². The van der Waals surface area contributed by atoms with Crippen molar-refractivity contribution in [3.8, 4) is 0 Å². The van der Waals surface area contributed by atoms with Gasteiger partial charge in [-0.15, -0.1) is 21.5 Å². The van der Waals surface area contributed by atoms with Crippen LogP contribution in [0.4, 0.5) is 5.13 Å². The fourth-order valence-electron chi connectivity index (χ4n) is 1.65. The number of halogens is 1. The predicted molar refractivity (Wildman–Crippen MR) is 95.9 cm³/mol. The Kier molecular flexibility index (Phi) is 5.24. The Morgan fingerprint density at radius 2 is 2.05 bits per heavy atom. The van der Waals surface area contributed by atoms with Gasteiger partial charge in [0.2, 0.25) is 5.13 Å². The summed E-state index contributed by atoms with van der Waals surface area (Å²) in [7, 11) is 0. The number of carbonyl (C=O) groups is 1. The molecule has 0 fully saturated rings. The van der Waals surface area contributed by atoms with Gasteiger partial charge in [-0.1, -0.05) is 53.4 Å². The van der Waals surface area contributed by atoms with E-state index >= 15 is 0 Å². The SMILES string of the molecule is O=C(Nc1nnc(SCc2ccccc2)s1)c1sccc1Br. The third-order valence-electron chi connectivity index (χ3n) is 2.66. The van der Waals surface area contributed by atoms with Gasteiger partial charge in [-0.25, -0.2) is 0 Å². The molecule has 0 unspecified atom stereocenters. The fraction of sp³-hybridized carbons (Fsp3) is 0.0714. The number of nitrogens with one attached hydrogen (secondary N) is 1. The number of carbonyl (C=O) groups excluding carboxylic acids is 1. The van der Waals surface area contributed by atoms with Crippen molar-refractivity contribution in [2.75, 3.05) is 5.32 Å². The second-order valence-electron chi connectivity index (χ2n) is 4.20. The molecule has 2 aromatic heterocycles. The van der Waals surface area contributed by atoms with Gasteiger partial charge in [-0.2, -0.15) is 0 Å². The molecule has 4 nitrogen and oxygen atoms in total. The monoisotopic (exact) mass is 411 g/mol. The third kappa shape index (κ3) is 3.95. The van der Waals surface area contributed by atoms with Gasteiger partial charge in [0.25, 0.3) is 5.91 Å². The summed E-state index contributed by atoms with van der Waals surface area (Å²) in [6.45, 7) is 0. The molecular formula is C14H10BrN3OS3. The van der Waals surface area contributed by atoms with E-state index in [-0.39, 0.29) is 5.91 Å². The van der Waals surface area contributed by atoms with Gasteiger partial charge in [0.1, 0.15) is 4.88 Å². The number of benzene rings is 1. The fourth-order valence-corrected chi connectivity index (χ4v) is 4.80. The molecule has 1 N–H and O–H groups in total. The van der Waals surface area contributed by atoms with Crippen LogP contribution in [0.2, 0.25) is 0 Å². The molecule has 8 heteroatoms. The van der Waals surface area contributed by atoms with Gasteiger partial charge in [0, 0.05) is 10.2 Å². The van der Waals surface area contributed by atoms with Crippen molar-refractivity contribution in [1.82, 2.24) is 10.2 Å². The minimum Gasteiger partial charge on any atom is -0.296 e. The number of hydrogen-bond donors (Lipinski definition) is 1. The molecule has 0 spiro atoms. The molecular weight excluding hydrogens is 402 g/mol. The highest BCUT2D eigenvalue weighted by Crippen LogP contribution is 2.29. The van der Waals surface area contributed by atoms with E-state index in [9.17, 15) is 4.79 Å². The van der Waals surface area contributed by atoms with Gasteiger partial charge in [-0.3, -0.25) is 10.1 Å². The summed E-state index contributed by atoms with van der Waals surface area (Å²) in [5.74, 6) is 0.664. The molecule has 0 aliphatic rings. The van der Waals surface area contributed by atoms with Crippen molar-refractivity contribution in [3.05, 3.63) is 56.7 Å². The second-order valence-corrected chi connectivity index (χ2v) is 8.17. The van der Waals surface area contributed by atoms with Crippen LogP contribution in [0.5, 0.6) is 0 Å². The smallest absolute Gasteiger partial charge is 0.268 e. The van der Waals surface area contributed by atoms with Gasteiger partial charge in [-0.05, 0) is 32.9 Å². The van der Waals surface area contributed by atoms with Crippen LogP contribution in [0, 0.1) is 0 Å². The zero-order chi connectivity index (χ0) is 15.4. The quantitative estimate of drug-likeness (QED) is 0.478. The Labute approximate surface area is 148 Å². The number of amides is 1. The van der Waals surface area contributed by atoms with Gasteiger partial charge < -0.3 is 0 Å². The molecule has 0 atom stereocenters. The summed E-state index contributed by atoms with van der Waals surface area (Å²) in [5.41, 5.74) is 1.23. The van der Waals surface area contributed by atoms with Crippen LogP contribution in [-0.2, 0) is 5.75 Å². The lowest BCUT2D eigenvalue weighted by Crippen LogP contribution is -2.10. The molecule has 22 heavy (non-hydrogen) atoms. The lowest BCUT2D eigenvalue weighted by atomic mass is 10.2. The Hall–Kier alpha value is -1.22. The van der Waals surface area contributed by atoms with E-state index in [0.29, 0.717) is 10.0 Å². The summed E-state index contributed by atoms with van der Waals surface area (Å²) in [4.78, 5) is 12.7. The summed E-state index contributed by atoms with van der Waals surface area (Å²) in [5, 5.41) is 13.3. The molecule has 1 aromatic carbocycles. The van der Waals surface area contributed by atoms with E-state index in [4.69, 9.17) is 0 Å². The number of aromatic nitrogens is 2. The summed E-state index contributed by atoms with van der Waals surface area (Å²) < 4.78 is 1.63. The second kappa shape index (κ2) is 7.36. The number of hydrogen-bond acceptors (Lipinski definition) is 6. The minimum absolute atomic E-state index is 0.169. The van der Waals surface area contributed by atoms with Crippen LogP contribution in [0.3, 0.4) is 0 Å². The molecule has 0 bridgehead atoms. The van der Waals surface area contributed by atoms with Crippen LogP contribution in [0.25, 0.3) is 0 Å². The third-order valence-corrected chi connectivity index (χ3v) is 6.54. The average Bonchev–Trinajstić information content (AvgIpc) is 3.15. The Morgan fingerprint density at radius 3 is 2.77 bits per heavy atom. The topological polar surface area (TPSA) is 54.9 Å². The molecule has 0 aliphatic carbocycles. The van der Waals surface area contributed by atoms with Crippen molar-refractivity contribution in [3.63, 3.8) is 0 Å². The highest BCUT2D eigenvalue weighted by molar-refractivity contribution is 9.10. The lowest BCUT2D eigenvalue weighted by Gasteiger charge is -1.98. The number of thiophene rings is 1. The minimum atomic E-state index is -0.169. The van der Waals surface area contributed by atoms with E-state index in [0.717, 1.165) is 14.6 Å². The maximum Gasteiger partial charge on any atom is 0.268 e. The van der Waals surface area contributed by atoms with Crippen molar-refractivity contribution in [2.24, 2.45) is 0 Å². The number of anilines is 1. The molecule has 3 rings (SSSR count). The highest BCUT2D eigenvalue weighted by Gasteiger charge is 2.14. The summed E-state index contributed by atoms with van der Waals surface area (Å²) >= 11 is 7.72. The summed E-state index contributed by atoms with van der Waals surface area (Å²) in [6, 6.07) is 12.0. The van der Waals surface area contributed by atoms with Crippen molar-refractivity contribution < 1.29 is 4.79 Å². The molecule has 3 aromatic rings. The van der Waals surface area contributed by atoms with Crippen molar-refractivity contribution >= 4 is 61.4 Å². The van der Waals surface area contributed by atoms with Crippen LogP contribution in [0.15, 0.2) is 50.6 Å². The first-order valence-corrected chi connectivity index (χ1v) is 9.74. The first-order chi connectivity index (χ1) is 10.7. The maximum atomic E-state index is 12.1. The molecule has 0 saturated carbocycles. The van der Waals surface area contributed by atoms with Gasteiger partial charge >= 0.3 is 0 Å². The largest absolute Gasteiger partial charge is 0.296 e.